The molecule has 0 radical (unpaired) electrons. The number of benzene rings is 1. The fraction of sp³-hybridized carbons (Fsp3) is 0.500. The fourth-order valence-electron chi connectivity index (χ4n) is 2.39. The van der Waals surface area contributed by atoms with Gasteiger partial charge in [0.25, 0.3) is 5.69 Å². The van der Waals surface area contributed by atoms with E-state index in [1.54, 1.807) is 0 Å². The Balaban J connectivity index is 2.16. The first kappa shape index (κ1) is 16.8. The number of sulfonamides is 1. The van der Waals surface area contributed by atoms with E-state index in [0.29, 0.717) is 0 Å². The molecule has 0 N–H and O–H groups in total. The maximum Gasteiger partial charge on any atom is 0.269 e. The van der Waals surface area contributed by atoms with Gasteiger partial charge in [0.1, 0.15) is 9.84 Å². The number of sulfone groups is 1. The average molecular weight is 348 g/mol. The molecule has 1 aromatic carbocycles. The van der Waals surface area contributed by atoms with Gasteiger partial charge < -0.3 is 0 Å². The van der Waals surface area contributed by atoms with Crippen LogP contribution in [-0.4, -0.2) is 50.7 Å². The quantitative estimate of drug-likeness (QED) is 0.587. The molecule has 8 nitrogen and oxygen atoms in total. The minimum absolute atomic E-state index is 0.0316. The van der Waals surface area contributed by atoms with Crippen LogP contribution >= 0.6 is 0 Å². The maximum atomic E-state index is 12.4. The normalized spacial score (nSPS) is 18.2. The van der Waals surface area contributed by atoms with E-state index in [0.717, 1.165) is 18.4 Å². The summed E-state index contributed by atoms with van der Waals surface area (Å²) >= 11 is 0. The second kappa shape index (κ2) is 5.94. The van der Waals surface area contributed by atoms with E-state index in [2.05, 4.69) is 0 Å². The Morgan fingerprint density at radius 3 is 2.00 bits per heavy atom. The van der Waals surface area contributed by atoms with Gasteiger partial charge in [-0.2, -0.15) is 4.31 Å². The molecule has 1 aliphatic heterocycles. The molecule has 0 saturated carbocycles. The second-order valence-corrected chi connectivity index (χ2v) is 9.45. The van der Waals surface area contributed by atoms with Crippen LogP contribution in [0.5, 0.6) is 0 Å². The lowest BCUT2D eigenvalue weighted by molar-refractivity contribution is -0.384. The van der Waals surface area contributed by atoms with Gasteiger partial charge in [0.2, 0.25) is 10.0 Å². The summed E-state index contributed by atoms with van der Waals surface area (Å²) in [6.45, 7) is 0.244. The summed E-state index contributed by atoms with van der Waals surface area (Å²) in [5, 5.41) is 10.1. The van der Waals surface area contributed by atoms with Gasteiger partial charge in [-0.05, 0) is 25.0 Å². The van der Waals surface area contributed by atoms with Crippen LogP contribution in [0, 0.1) is 10.1 Å². The van der Waals surface area contributed by atoms with Crippen molar-refractivity contribution in [3.8, 4) is 0 Å². The molecule has 22 heavy (non-hydrogen) atoms. The zero-order valence-electron chi connectivity index (χ0n) is 11.9. The number of nitrogens with zero attached hydrogens (tertiary/aromatic N) is 2. The third kappa shape index (κ3) is 3.45. The molecule has 0 aliphatic carbocycles. The lowest BCUT2D eigenvalue weighted by Crippen LogP contribution is -2.42. The van der Waals surface area contributed by atoms with Crippen molar-refractivity contribution in [1.82, 2.24) is 4.31 Å². The summed E-state index contributed by atoms with van der Waals surface area (Å²) in [7, 11) is -6.93. The Morgan fingerprint density at radius 1 is 1.09 bits per heavy atom. The molecular formula is C12H16N2O6S2. The third-order valence-corrected chi connectivity index (χ3v) is 7.29. The maximum absolute atomic E-state index is 12.4. The van der Waals surface area contributed by atoms with E-state index >= 15 is 0 Å². The van der Waals surface area contributed by atoms with Crippen LogP contribution in [0.3, 0.4) is 0 Å². The van der Waals surface area contributed by atoms with Crippen molar-refractivity contribution in [2.45, 2.75) is 23.0 Å². The van der Waals surface area contributed by atoms with E-state index in [1.165, 1.54) is 16.4 Å². The highest BCUT2D eigenvalue weighted by Gasteiger charge is 2.33. The number of piperidine rings is 1. The average Bonchev–Trinajstić information content (AvgIpc) is 2.46. The molecule has 0 spiro atoms. The summed E-state index contributed by atoms with van der Waals surface area (Å²) in [6.07, 6.45) is 1.66. The van der Waals surface area contributed by atoms with Crippen LogP contribution in [0.4, 0.5) is 5.69 Å². The Hall–Kier alpha value is -1.52. The van der Waals surface area contributed by atoms with E-state index in [1.807, 2.05) is 0 Å². The molecule has 1 fully saturated rings. The minimum Gasteiger partial charge on any atom is -0.258 e. The molecular weight excluding hydrogens is 332 g/mol. The molecule has 1 saturated heterocycles. The fourth-order valence-corrected chi connectivity index (χ4v) is 4.93. The van der Waals surface area contributed by atoms with Crippen LogP contribution < -0.4 is 0 Å². The summed E-state index contributed by atoms with van der Waals surface area (Å²) in [4.78, 5) is 9.95. The van der Waals surface area contributed by atoms with Gasteiger partial charge in [-0.25, -0.2) is 16.8 Å². The zero-order valence-corrected chi connectivity index (χ0v) is 13.5. The van der Waals surface area contributed by atoms with Gasteiger partial charge in [0.15, 0.2) is 0 Å². The highest BCUT2D eigenvalue weighted by Crippen LogP contribution is 2.24. The van der Waals surface area contributed by atoms with Crippen molar-refractivity contribution in [3.05, 3.63) is 34.4 Å². The Bertz CT molecular complexity index is 762. The number of rotatable bonds is 4. The molecule has 10 heteroatoms. The molecule has 1 aliphatic rings. The van der Waals surface area contributed by atoms with Crippen molar-refractivity contribution in [2.24, 2.45) is 0 Å². The molecule has 0 unspecified atom stereocenters. The largest absolute Gasteiger partial charge is 0.269 e. The standard InChI is InChI=1S/C12H16N2O6S2/c1-21(17,18)11-6-8-13(9-7-11)22(19,20)12-4-2-10(3-5-12)14(15)16/h2-5,11H,6-9H2,1H3. The first-order valence-electron chi connectivity index (χ1n) is 6.56. The van der Waals surface area contributed by atoms with Crippen LogP contribution in [0.2, 0.25) is 0 Å². The van der Waals surface area contributed by atoms with Crippen LogP contribution in [0.15, 0.2) is 29.2 Å². The molecule has 0 atom stereocenters. The minimum atomic E-state index is -3.76. The highest BCUT2D eigenvalue weighted by molar-refractivity contribution is 7.91. The molecule has 0 bridgehead atoms. The van der Waals surface area contributed by atoms with E-state index < -0.39 is 30.0 Å². The summed E-state index contributed by atoms with van der Waals surface area (Å²) in [5.74, 6) is 0. The number of non-ortho nitro benzene ring substituents is 1. The predicted octanol–water partition coefficient (Wildman–Crippen LogP) is 0.792. The van der Waals surface area contributed by atoms with Gasteiger partial charge in [0.05, 0.1) is 15.1 Å². The topological polar surface area (TPSA) is 115 Å². The van der Waals surface area contributed by atoms with Gasteiger partial charge in [0, 0.05) is 31.5 Å². The van der Waals surface area contributed by atoms with Gasteiger partial charge in [-0.1, -0.05) is 0 Å². The molecule has 0 aromatic heterocycles. The number of hydrogen-bond donors (Lipinski definition) is 0. The number of nitro groups is 1. The van der Waals surface area contributed by atoms with Crippen molar-refractivity contribution in [3.63, 3.8) is 0 Å². The van der Waals surface area contributed by atoms with Gasteiger partial charge in [-0.15, -0.1) is 0 Å². The Morgan fingerprint density at radius 2 is 1.59 bits per heavy atom. The van der Waals surface area contributed by atoms with E-state index in [9.17, 15) is 26.9 Å². The smallest absolute Gasteiger partial charge is 0.258 e. The first-order valence-corrected chi connectivity index (χ1v) is 9.95. The predicted molar refractivity (Wildman–Crippen MR) is 79.7 cm³/mol. The number of hydrogen-bond acceptors (Lipinski definition) is 6. The molecule has 1 heterocycles. The summed E-state index contributed by atoms with van der Waals surface area (Å²) < 4.78 is 49.0. The Labute approximate surface area is 128 Å². The highest BCUT2D eigenvalue weighted by atomic mass is 32.2. The monoisotopic (exact) mass is 348 g/mol. The lowest BCUT2D eigenvalue weighted by Gasteiger charge is -2.30. The molecule has 122 valence electrons. The Kier molecular flexibility index (Phi) is 4.54. The third-order valence-electron chi connectivity index (χ3n) is 3.69. The summed E-state index contributed by atoms with van der Waals surface area (Å²) in [5.41, 5.74) is -0.185. The second-order valence-electron chi connectivity index (χ2n) is 5.18. The summed E-state index contributed by atoms with van der Waals surface area (Å²) in [6, 6.07) is 4.65. The molecule has 1 aromatic rings. The SMILES string of the molecule is CS(=O)(=O)C1CCN(S(=O)(=O)c2ccc([N+](=O)[O-])cc2)CC1. The molecule has 2 rings (SSSR count). The van der Waals surface area contributed by atoms with Crippen LogP contribution in [0.1, 0.15) is 12.8 Å². The van der Waals surface area contributed by atoms with Crippen molar-refractivity contribution in [1.29, 1.82) is 0 Å². The van der Waals surface area contributed by atoms with Crippen molar-refractivity contribution >= 4 is 25.5 Å². The first-order chi connectivity index (χ1) is 10.1. The van der Waals surface area contributed by atoms with Crippen LogP contribution in [-0.2, 0) is 19.9 Å². The van der Waals surface area contributed by atoms with Crippen molar-refractivity contribution < 1.29 is 21.8 Å². The van der Waals surface area contributed by atoms with Gasteiger partial charge >= 0.3 is 0 Å². The zero-order chi connectivity index (χ0) is 16.5. The molecule has 0 amide bonds. The van der Waals surface area contributed by atoms with E-state index in [4.69, 9.17) is 0 Å². The lowest BCUT2D eigenvalue weighted by atomic mass is 10.2. The van der Waals surface area contributed by atoms with Crippen LogP contribution in [0.25, 0.3) is 0 Å². The van der Waals surface area contributed by atoms with E-state index in [-0.39, 0.29) is 36.5 Å². The van der Waals surface area contributed by atoms with Crippen molar-refractivity contribution in [2.75, 3.05) is 19.3 Å². The number of nitro benzene ring substituents is 1. The van der Waals surface area contributed by atoms with Gasteiger partial charge in [-0.3, -0.25) is 10.1 Å².